The summed E-state index contributed by atoms with van der Waals surface area (Å²) < 4.78 is 4.85. The van der Waals surface area contributed by atoms with Gasteiger partial charge in [-0.2, -0.15) is 0 Å². The van der Waals surface area contributed by atoms with Crippen LogP contribution in [-0.2, 0) is 4.74 Å². The van der Waals surface area contributed by atoms with Crippen LogP contribution in [0.5, 0.6) is 0 Å². The molecule has 0 amide bonds. The fourth-order valence-corrected chi connectivity index (χ4v) is 3.78. The van der Waals surface area contributed by atoms with E-state index in [2.05, 4.69) is 31.2 Å². The number of methoxy groups -OCH3 is 1. The van der Waals surface area contributed by atoms with E-state index in [4.69, 9.17) is 22.1 Å². The molecule has 2 heterocycles. The zero-order valence-corrected chi connectivity index (χ0v) is 17.8. The molecular formula is C22H23ClN6O2. The van der Waals surface area contributed by atoms with E-state index in [0.29, 0.717) is 28.6 Å². The van der Waals surface area contributed by atoms with Gasteiger partial charge in [-0.15, -0.1) is 0 Å². The molecule has 1 aliphatic rings. The lowest BCUT2D eigenvalue weighted by atomic mass is 10.1. The first-order valence-corrected chi connectivity index (χ1v) is 10.2. The Balaban J connectivity index is 1.51. The van der Waals surface area contributed by atoms with E-state index in [1.165, 1.54) is 13.4 Å². The molecule has 4 rings (SSSR count). The Morgan fingerprint density at radius 1 is 1.06 bits per heavy atom. The van der Waals surface area contributed by atoms with Crippen LogP contribution in [0.25, 0.3) is 0 Å². The van der Waals surface area contributed by atoms with Crippen molar-refractivity contribution in [3.05, 3.63) is 65.4 Å². The van der Waals surface area contributed by atoms with Gasteiger partial charge in [0.1, 0.15) is 12.0 Å². The number of benzene rings is 2. The molecule has 8 nitrogen and oxygen atoms in total. The minimum absolute atomic E-state index is 0.402. The highest BCUT2D eigenvalue weighted by molar-refractivity contribution is 6.30. The van der Waals surface area contributed by atoms with Crippen LogP contribution < -0.4 is 20.9 Å². The first-order chi connectivity index (χ1) is 15.1. The minimum Gasteiger partial charge on any atom is -0.465 e. The molecule has 31 heavy (non-hydrogen) atoms. The van der Waals surface area contributed by atoms with Crippen molar-refractivity contribution in [3.8, 4) is 0 Å². The van der Waals surface area contributed by atoms with E-state index < -0.39 is 5.97 Å². The third-order valence-electron chi connectivity index (χ3n) is 5.20. The van der Waals surface area contributed by atoms with E-state index in [1.807, 2.05) is 24.3 Å². The van der Waals surface area contributed by atoms with Gasteiger partial charge in [-0.05, 0) is 30.3 Å². The number of aromatic nitrogens is 2. The average molecular weight is 439 g/mol. The number of esters is 1. The largest absolute Gasteiger partial charge is 0.465 e. The quantitative estimate of drug-likeness (QED) is 0.583. The average Bonchev–Trinajstić information content (AvgIpc) is 2.80. The highest BCUT2D eigenvalue weighted by atomic mass is 35.5. The van der Waals surface area contributed by atoms with Gasteiger partial charge >= 0.3 is 5.97 Å². The SMILES string of the molecule is COC(=O)c1ccccc1Nc1ncnc(N2CCN(c3cccc(Cl)c3)CC2)c1N. The Morgan fingerprint density at radius 3 is 2.55 bits per heavy atom. The maximum absolute atomic E-state index is 12.0. The topological polar surface area (TPSA) is 96.6 Å². The Bertz CT molecular complexity index is 1090. The van der Waals surface area contributed by atoms with Gasteiger partial charge in [0.15, 0.2) is 11.6 Å². The van der Waals surface area contributed by atoms with Crippen LogP contribution in [0.3, 0.4) is 0 Å². The lowest BCUT2D eigenvalue weighted by Crippen LogP contribution is -2.47. The van der Waals surface area contributed by atoms with E-state index in [-0.39, 0.29) is 0 Å². The predicted octanol–water partition coefficient (Wildman–Crippen LogP) is 3.57. The number of rotatable bonds is 5. The molecule has 0 aliphatic carbocycles. The van der Waals surface area contributed by atoms with Crippen molar-refractivity contribution in [1.29, 1.82) is 0 Å². The van der Waals surface area contributed by atoms with Crippen LogP contribution in [0.2, 0.25) is 5.02 Å². The number of nitrogens with zero attached hydrogens (tertiary/aromatic N) is 4. The second kappa shape index (κ2) is 9.09. The Labute approximate surface area is 185 Å². The van der Waals surface area contributed by atoms with Crippen molar-refractivity contribution in [2.45, 2.75) is 0 Å². The Kier molecular flexibility index (Phi) is 6.08. The molecule has 3 N–H and O–H groups in total. The number of piperazine rings is 1. The van der Waals surface area contributed by atoms with Crippen LogP contribution in [0.15, 0.2) is 54.9 Å². The number of hydrogen-bond donors (Lipinski definition) is 2. The second-order valence-corrected chi connectivity index (χ2v) is 7.51. The first kappa shape index (κ1) is 20.7. The fraction of sp³-hybridized carbons (Fsp3) is 0.227. The van der Waals surface area contributed by atoms with Gasteiger partial charge in [-0.3, -0.25) is 0 Å². The normalized spacial score (nSPS) is 13.7. The van der Waals surface area contributed by atoms with Gasteiger partial charge in [0.05, 0.1) is 18.4 Å². The highest BCUT2D eigenvalue weighted by Crippen LogP contribution is 2.31. The van der Waals surface area contributed by atoms with Crippen LogP contribution in [-0.4, -0.2) is 49.2 Å². The van der Waals surface area contributed by atoms with Crippen molar-refractivity contribution < 1.29 is 9.53 Å². The number of nitrogen functional groups attached to an aromatic ring is 1. The lowest BCUT2D eigenvalue weighted by molar-refractivity contribution is 0.0602. The van der Waals surface area contributed by atoms with Gasteiger partial charge in [0, 0.05) is 36.9 Å². The summed E-state index contributed by atoms with van der Waals surface area (Å²) >= 11 is 6.13. The number of nitrogens with two attached hydrogens (primary N) is 1. The summed E-state index contributed by atoms with van der Waals surface area (Å²) in [4.78, 5) is 25.1. The van der Waals surface area contributed by atoms with Gasteiger partial charge < -0.3 is 25.6 Å². The van der Waals surface area contributed by atoms with Crippen LogP contribution in [0.4, 0.5) is 28.7 Å². The molecule has 9 heteroatoms. The van der Waals surface area contributed by atoms with Crippen molar-refractivity contribution in [3.63, 3.8) is 0 Å². The van der Waals surface area contributed by atoms with Crippen molar-refractivity contribution in [2.75, 3.05) is 54.1 Å². The van der Waals surface area contributed by atoms with Crippen LogP contribution >= 0.6 is 11.6 Å². The molecule has 160 valence electrons. The van der Waals surface area contributed by atoms with E-state index >= 15 is 0 Å². The number of carbonyl (C=O) groups is 1. The third kappa shape index (κ3) is 4.49. The molecule has 1 saturated heterocycles. The number of hydrogen-bond acceptors (Lipinski definition) is 8. The Hall–Kier alpha value is -3.52. The molecule has 3 aromatic rings. The first-order valence-electron chi connectivity index (χ1n) is 9.87. The predicted molar refractivity (Wildman–Crippen MR) is 123 cm³/mol. The van der Waals surface area contributed by atoms with Gasteiger partial charge in [-0.25, -0.2) is 14.8 Å². The summed E-state index contributed by atoms with van der Waals surface area (Å²) in [6.45, 7) is 3.15. The molecular weight excluding hydrogens is 416 g/mol. The highest BCUT2D eigenvalue weighted by Gasteiger charge is 2.22. The summed E-state index contributed by atoms with van der Waals surface area (Å²) in [5.41, 5.74) is 8.91. The van der Waals surface area contributed by atoms with E-state index in [1.54, 1.807) is 18.2 Å². The molecule has 1 fully saturated rings. The number of nitrogens with one attached hydrogen (secondary N) is 1. The monoisotopic (exact) mass is 438 g/mol. The summed E-state index contributed by atoms with van der Waals surface area (Å²) in [7, 11) is 1.35. The number of ether oxygens (including phenoxy) is 1. The maximum atomic E-state index is 12.0. The number of halogens is 1. The summed E-state index contributed by atoms with van der Waals surface area (Å²) in [6.07, 6.45) is 1.47. The van der Waals surface area contributed by atoms with Crippen molar-refractivity contribution in [1.82, 2.24) is 9.97 Å². The van der Waals surface area contributed by atoms with Gasteiger partial charge in [0.25, 0.3) is 0 Å². The molecule has 2 aromatic carbocycles. The zero-order chi connectivity index (χ0) is 21.8. The van der Waals surface area contributed by atoms with Gasteiger partial charge in [-0.1, -0.05) is 29.8 Å². The standard InChI is InChI=1S/C22H23ClN6O2/c1-31-22(30)17-7-2-3-8-18(17)27-20-19(24)21(26-14-25-20)29-11-9-28(10-12-29)16-6-4-5-15(23)13-16/h2-8,13-14H,9-12,24H2,1H3,(H,25,26,27). The fourth-order valence-electron chi connectivity index (χ4n) is 3.59. The molecule has 0 bridgehead atoms. The molecule has 0 atom stereocenters. The minimum atomic E-state index is -0.437. The van der Waals surface area contributed by atoms with Crippen molar-refractivity contribution >= 4 is 46.3 Å². The van der Waals surface area contributed by atoms with Gasteiger partial charge in [0.2, 0.25) is 0 Å². The zero-order valence-electron chi connectivity index (χ0n) is 17.1. The van der Waals surface area contributed by atoms with Crippen LogP contribution in [0, 0.1) is 0 Å². The van der Waals surface area contributed by atoms with E-state index in [0.717, 1.165) is 36.9 Å². The summed E-state index contributed by atoms with van der Waals surface area (Å²) in [6, 6.07) is 14.9. The molecule has 0 unspecified atom stereocenters. The summed E-state index contributed by atoms with van der Waals surface area (Å²) in [5, 5.41) is 3.87. The second-order valence-electron chi connectivity index (χ2n) is 7.08. The molecule has 1 aromatic heterocycles. The maximum Gasteiger partial charge on any atom is 0.339 e. The van der Waals surface area contributed by atoms with E-state index in [9.17, 15) is 4.79 Å². The molecule has 1 aliphatic heterocycles. The Morgan fingerprint density at radius 2 is 1.81 bits per heavy atom. The molecule has 0 saturated carbocycles. The van der Waals surface area contributed by atoms with Crippen molar-refractivity contribution in [2.24, 2.45) is 0 Å². The third-order valence-corrected chi connectivity index (χ3v) is 5.44. The van der Waals surface area contributed by atoms with Crippen LogP contribution in [0.1, 0.15) is 10.4 Å². The smallest absolute Gasteiger partial charge is 0.339 e. The molecule has 0 spiro atoms. The number of anilines is 5. The lowest BCUT2D eigenvalue weighted by Gasteiger charge is -2.37. The molecule has 0 radical (unpaired) electrons. The number of para-hydroxylation sites is 1. The summed E-state index contributed by atoms with van der Waals surface area (Å²) in [5.74, 6) is 0.672. The number of carbonyl (C=O) groups excluding carboxylic acids is 1.